The summed E-state index contributed by atoms with van der Waals surface area (Å²) in [5.41, 5.74) is 4.45. The predicted octanol–water partition coefficient (Wildman–Crippen LogP) is 6.68. The third-order valence-electron chi connectivity index (χ3n) is 5.20. The Kier molecular flexibility index (Phi) is 17.0. The van der Waals surface area contributed by atoms with E-state index in [4.69, 9.17) is 0 Å². The summed E-state index contributed by atoms with van der Waals surface area (Å²) in [6.07, 6.45) is 6.84. The van der Waals surface area contributed by atoms with Crippen molar-refractivity contribution < 1.29 is 18.5 Å². The van der Waals surface area contributed by atoms with Crippen LogP contribution in [0.4, 0.5) is 5.69 Å². The molecule has 0 saturated carbocycles. The van der Waals surface area contributed by atoms with E-state index in [0.29, 0.717) is 29.1 Å². The van der Waals surface area contributed by atoms with Crippen molar-refractivity contribution in [3.8, 4) is 0 Å². The Morgan fingerprint density at radius 2 is 1.68 bits per heavy atom. The van der Waals surface area contributed by atoms with Gasteiger partial charge in [-0.3, -0.25) is 23.7 Å². The van der Waals surface area contributed by atoms with Gasteiger partial charge in [-0.25, -0.2) is 9.00 Å². The van der Waals surface area contributed by atoms with Crippen LogP contribution in [0.15, 0.2) is 61.1 Å². The number of anilines is 1. The molecule has 0 bridgehead atoms. The van der Waals surface area contributed by atoms with Crippen LogP contribution in [0.2, 0.25) is 0 Å². The van der Waals surface area contributed by atoms with Crippen molar-refractivity contribution in [3.63, 3.8) is 0 Å². The maximum Gasteiger partial charge on any atom is 0.339 e. The molecule has 0 spiro atoms. The highest BCUT2D eigenvalue weighted by atomic mass is 79.9. The molecule has 0 aliphatic rings. The number of fused-ring (bicyclic) bond motifs is 1. The Balaban J connectivity index is 0.000000465. The monoisotopic (exact) mass is 645 g/mol. The lowest BCUT2D eigenvalue weighted by molar-refractivity contribution is 0.0600. The third-order valence-corrected chi connectivity index (χ3v) is 7.09. The highest BCUT2D eigenvalue weighted by molar-refractivity contribution is 9.08. The summed E-state index contributed by atoms with van der Waals surface area (Å²) in [4.78, 5) is 30.0. The molecule has 1 atom stereocenters. The lowest BCUT2D eigenvalue weighted by Gasteiger charge is -2.23. The smallest absolute Gasteiger partial charge is 0.339 e. The molecule has 0 amide bonds. The SMILES string of the molecule is CC.CCC.CCS(=O)N(Cc1ccc(C(=O)OC)cn1)c1cccc2c1cnn2C.O=Cc1ccc(CBr)nc1. The van der Waals surface area contributed by atoms with E-state index < -0.39 is 17.0 Å². The van der Waals surface area contributed by atoms with Crippen molar-refractivity contribution in [3.05, 3.63) is 83.6 Å². The lowest BCUT2D eigenvalue weighted by atomic mass is 10.2. The van der Waals surface area contributed by atoms with Crippen molar-refractivity contribution in [1.82, 2.24) is 19.7 Å². The molecule has 1 unspecified atom stereocenters. The van der Waals surface area contributed by atoms with Gasteiger partial charge < -0.3 is 4.74 Å². The van der Waals surface area contributed by atoms with Crippen molar-refractivity contribution in [1.29, 1.82) is 0 Å². The molecular formula is C30H40BrN5O4S. The summed E-state index contributed by atoms with van der Waals surface area (Å²) < 4.78 is 21.0. The van der Waals surface area contributed by atoms with Gasteiger partial charge in [-0.2, -0.15) is 5.10 Å². The molecule has 0 N–H and O–H groups in total. The van der Waals surface area contributed by atoms with Gasteiger partial charge in [-0.15, -0.1) is 0 Å². The average Bonchev–Trinajstić information content (AvgIpc) is 3.42. The maximum atomic E-state index is 12.7. The van der Waals surface area contributed by atoms with Gasteiger partial charge >= 0.3 is 5.97 Å². The Bertz CT molecular complexity index is 1360. The third kappa shape index (κ3) is 10.8. The molecule has 4 rings (SSSR count). The molecular weight excluding hydrogens is 606 g/mol. The molecule has 0 radical (unpaired) electrons. The van der Waals surface area contributed by atoms with E-state index in [1.165, 1.54) is 19.7 Å². The van der Waals surface area contributed by atoms with E-state index >= 15 is 0 Å². The largest absolute Gasteiger partial charge is 0.465 e. The zero-order valence-electron chi connectivity index (χ0n) is 24.8. The number of alkyl halides is 1. The first-order chi connectivity index (χ1) is 19.8. The Hall–Kier alpha value is -3.44. The maximum absolute atomic E-state index is 12.7. The lowest BCUT2D eigenvalue weighted by Crippen LogP contribution is -2.27. The molecule has 0 aliphatic heterocycles. The zero-order valence-corrected chi connectivity index (χ0v) is 27.2. The highest BCUT2D eigenvalue weighted by Crippen LogP contribution is 2.28. The van der Waals surface area contributed by atoms with Crippen LogP contribution in [-0.2, 0) is 34.6 Å². The first kappa shape index (κ1) is 35.6. The Morgan fingerprint density at radius 1 is 1.02 bits per heavy atom. The number of halogens is 1. The second-order valence-electron chi connectivity index (χ2n) is 8.20. The molecule has 0 aliphatic carbocycles. The number of hydrogen-bond acceptors (Lipinski definition) is 7. The number of aldehydes is 1. The minimum Gasteiger partial charge on any atom is -0.465 e. The van der Waals surface area contributed by atoms with Gasteiger partial charge in [0.05, 0.1) is 48.0 Å². The van der Waals surface area contributed by atoms with E-state index in [0.717, 1.165) is 33.9 Å². The van der Waals surface area contributed by atoms with E-state index in [9.17, 15) is 13.8 Å². The highest BCUT2D eigenvalue weighted by Gasteiger charge is 2.18. The van der Waals surface area contributed by atoms with Crippen molar-refractivity contribution in [2.24, 2.45) is 7.05 Å². The topological polar surface area (TPSA) is 107 Å². The van der Waals surface area contributed by atoms with E-state index in [2.05, 4.69) is 49.6 Å². The molecule has 4 aromatic rings. The molecule has 3 aromatic heterocycles. The second-order valence-corrected chi connectivity index (χ2v) is 10.4. The standard InChI is InChI=1S/C18H20N4O3S.C7H6BrNO.C3H8.C2H6/c1-4-26(24)22(12-14-9-8-13(10-19-14)18(23)25-3)17-7-5-6-16-15(17)11-20-21(16)2;8-3-7-2-1-6(5-10)4-9-7;1-3-2;1-2/h5-11H,4,12H2,1-3H3;1-2,4-5H,3H2;3H2,1-2H3;1-2H3. The van der Waals surface area contributed by atoms with Crippen LogP contribution in [0.3, 0.4) is 0 Å². The minimum atomic E-state index is -1.21. The number of carbonyl (C=O) groups is 2. The van der Waals surface area contributed by atoms with E-state index in [1.807, 2.05) is 56.4 Å². The van der Waals surface area contributed by atoms with Crippen LogP contribution in [0, 0.1) is 0 Å². The van der Waals surface area contributed by atoms with Gasteiger partial charge in [-0.05, 0) is 36.4 Å². The summed E-state index contributed by atoms with van der Waals surface area (Å²) >= 11 is 3.25. The van der Waals surface area contributed by atoms with Crippen LogP contribution in [-0.4, -0.2) is 49.1 Å². The fraction of sp³-hybridized carbons (Fsp3) is 0.367. The predicted molar refractivity (Wildman–Crippen MR) is 171 cm³/mol. The molecule has 41 heavy (non-hydrogen) atoms. The molecule has 9 nitrogen and oxygen atoms in total. The van der Waals surface area contributed by atoms with Crippen LogP contribution in [0.5, 0.6) is 0 Å². The van der Waals surface area contributed by atoms with Crippen LogP contribution in [0.25, 0.3) is 10.9 Å². The van der Waals surface area contributed by atoms with Gasteiger partial charge in [0.2, 0.25) is 0 Å². The number of methoxy groups -OCH3 is 1. The summed E-state index contributed by atoms with van der Waals surface area (Å²) in [5, 5.41) is 5.96. The average molecular weight is 647 g/mol. The number of pyridine rings is 2. The van der Waals surface area contributed by atoms with Gasteiger partial charge in [0.1, 0.15) is 11.0 Å². The number of carbonyl (C=O) groups excluding carboxylic acids is 2. The number of aryl methyl sites for hydroxylation is 1. The number of rotatable bonds is 8. The zero-order chi connectivity index (χ0) is 30.8. The van der Waals surface area contributed by atoms with Gasteiger partial charge in [0.15, 0.2) is 6.29 Å². The summed E-state index contributed by atoms with van der Waals surface area (Å²) in [6.45, 7) is 10.5. The van der Waals surface area contributed by atoms with Gasteiger partial charge in [0.25, 0.3) is 0 Å². The number of aromatic nitrogens is 4. The van der Waals surface area contributed by atoms with E-state index in [-0.39, 0.29) is 0 Å². The Labute approximate surface area is 254 Å². The van der Waals surface area contributed by atoms with Crippen LogP contribution < -0.4 is 4.31 Å². The first-order valence-electron chi connectivity index (χ1n) is 13.4. The Morgan fingerprint density at radius 3 is 2.20 bits per heavy atom. The van der Waals surface area contributed by atoms with Crippen molar-refractivity contribution in [2.75, 3.05) is 17.2 Å². The number of benzene rings is 1. The first-order valence-corrected chi connectivity index (χ1v) is 15.8. The van der Waals surface area contributed by atoms with Crippen molar-refractivity contribution in [2.45, 2.75) is 52.9 Å². The quantitative estimate of drug-likeness (QED) is 0.119. The van der Waals surface area contributed by atoms with Crippen LogP contribution in [0.1, 0.15) is 73.1 Å². The summed E-state index contributed by atoms with van der Waals surface area (Å²) in [6, 6.07) is 12.8. The molecule has 0 fully saturated rings. The molecule has 0 saturated heterocycles. The number of ether oxygens (including phenoxy) is 1. The second kappa shape index (κ2) is 19.6. The molecule has 3 heterocycles. The fourth-order valence-corrected chi connectivity index (χ4v) is 4.59. The van der Waals surface area contributed by atoms with Crippen molar-refractivity contribution >= 4 is 55.8 Å². The molecule has 11 heteroatoms. The summed E-state index contributed by atoms with van der Waals surface area (Å²) in [5.74, 6) is 0.0508. The fourth-order valence-electron chi connectivity index (χ4n) is 3.29. The number of esters is 1. The molecule has 1 aromatic carbocycles. The summed E-state index contributed by atoms with van der Waals surface area (Å²) in [7, 11) is 1.99. The minimum absolute atomic E-state index is 0.357. The molecule has 222 valence electrons. The van der Waals surface area contributed by atoms with E-state index in [1.54, 1.807) is 35.3 Å². The van der Waals surface area contributed by atoms with Gasteiger partial charge in [0, 0.05) is 41.5 Å². The van der Waals surface area contributed by atoms with Crippen LogP contribution >= 0.6 is 15.9 Å². The number of hydrogen-bond donors (Lipinski definition) is 0. The van der Waals surface area contributed by atoms with Gasteiger partial charge in [-0.1, -0.05) is 63.0 Å². The number of nitrogens with zero attached hydrogens (tertiary/aromatic N) is 5. The normalized spacial score (nSPS) is 10.5.